The monoisotopic (exact) mass is 619 g/mol. The number of amides is 2. The SMILES string of the molecule is CCOc1ccc(S(=O)(=O)N(CC(=O)N(Cc2ccccc2Cl)[C@H](Cc2ccccc2)C(=O)NC)c2ccccc2)cc1. The number of anilines is 1. The average Bonchev–Trinajstić information content (AvgIpc) is 3.03. The van der Waals surface area contributed by atoms with E-state index in [0.29, 0.717) is 28.6 Å². The molecule has 0 aliphatic carbocycles. The van der Waals surface area contributed by atoms with Gasteiger partial charge in [-0.1, -0.05) is 78.3 Å². The van der Waals surface area contributed by atoms with E-state index in [1.54, 1.807) is 66.7 Å². The Hall–Kier alpha value is -4.34. The van der Waals surface area contributed by atoms with Crippen LogP contribution in [0, 0.1) is 0 Å². The van der Waals surface area contributed by atoms with Crippen LogP contribution in [0.3, 0.4) is 0 Å². The van der Waals surface area contributed by atoms with E-state index in [1.165, 1.54) is 24.1 Å². The molecule has 0 aliphatic rings. The molecular formula is C33H34ClN3O5S. The number of hydrogen-bond acceptors (Lipinski definition) is 5. The molecule has 0 aliphatic heterocycles. The standard InChI is InChI=1S/C33H34ClN3O5S/c1-3-42-28-18-20-29(21-19-28)43(40,41)37(27-15-8-5-9-16-27)24-32(38)36(23-26-14-10-11-17-30(26)34)31(33(39)35-2)22-25-12-6-4-7-13-25/h4-21,31H,3,22-24H2,1-2H3,(H,35,39)/t31-/m1/s1. The van der Waals surface area contributed by atoms with Gasteiger partial charge in [-0.25, -0.2) is 8.42 Å². The van der Waals surface area contributed by atoms with Crippen molar-refractivity contribution < 1.29 is 22.7 Å². The van der Waals surface area contributed by atoms with Gasteiger partial charge in [-0.3, -0.25) is 13.9 Å². The summed E-state index contributed by atoms with van der Waals surface area (Å²) in [6.45, 7) is 1.72. The van der Waals surface area contributed by atoms with Crippen LogP contribution in [0.15, 0.2) is 114 Å². The highest BCUT2D eigenvalue weighted by molar-refractivity contribution is 7.92. The summed E-state index contributed by atoms with van der Waals surface area (Å²) in [5, 5.41) is 3.10. The number of carbonyl (C=O) groups excluding carboxylic acids is 2. The normalized spacial score (nSPS) is 11.8. The summed E-state index contributed by atoms with van der Waals surface area (Å²) >= 11 is 6.49. The number of para-hydroxylation sites is 1. The molecule has 4 aromatic rings. The second-order valence-corrected chi connectivity index (χ2v) is 12.0. The highest BCUT2D eigenvalue weighted by Gasteiger charge is 2.34. The van der Waals surface area contributed by atoms with Crippen LogP contribution >= 0.6 is 11.6 Å². The summed E-state index contributed by atoms with van der Waals surface area (Å²) < 4.78 is 34.6. The van der Waals surface area contributed by atoms with Crippen molar-refractivity contribution in [3.8, 4) is 5.75 Å². The van der Waals surface area contributed by atoms with Crippen molar-refractivity contribution in [1.82, 2.24) is 10.2 Å². The zero-order chi connectivity index (χ0) is 30.8. The lowest BCUT2D eigenvalue weighted by atomic mass is 10.0. The molecule has 224 valence electrons. The molecule has 0 saturated carbocycles. The third-order valence-electron chi connectivity index (χ3n) is 6.86. The molecule has 1 N–H and O–H groups in total. The Bertz CT molecular complexity index is 1620. The van der Waals surface area contributed by atoms with E-state index in [9.17, 15) is 18.0 Å². The van der Waals surface area contributed by atoms with Crippen molar-refractivity contribution in [2.24, 2.45) is 0 Å². The largest absolute Gasteiger partial charge is 0.494 e. The van der Waals surface area contributed by atoms with Crippen LogP contribution in [-0.2, 0) is 32.6 Å². The van der Waals surface area contributed by atoms with Crippen LogP contribution in [-0.4, -0.2) is 51.4 Å². The van der Waals surface area contributed by atoms with Gasteiger partial charge in [-0.05, 0) is 60.5 Å². The van der Waals surface area contributed by atoms with Gasteiger partial charge < -0.3 is 15.0 Å². The maximum absolute atomic E-state index is 14.3. The number of likely N-dealkylation sites (N-methyl/N-ethyl adjacent to an activating group) is 1. The predicted molar refractivity (Wildman–Crippen MR) is 169 cm³/mol. The number of nitrogens with one attached hydrogen (secondary N) is 1. The number of carbonyl (C=O) groups is 2. The van der Waals surface area contributed by atoms with Crippen molar-refractivity contribution in [1.29, 1.82) is 0 Å². The fourth-order valence-corrected chi connectivity index (χ4v) is 6.27. The number of halogens is 1. The average molecular weight is 620 g/mol. The summed E-state index contributed by atoms with van der Waals surface area (Å²) in [6, 6.07) is 29.9. The van der Waals surface area contributed by atoms with Crippen LogP contribution in [0.1, 0.15) is 18.1 Å². The lowest BCUT2D eigenvalue weighted by Crippen LogP contribution is -2.53. The van der Waals surface area contributed by atoms with Crippen LogP contribution in [0.5, 0.6) is 5.75 Å². The summed E-state index contributed by atoms with van der Waals surface area (Å²) in [6.07, 6.45) is 0.216. The van der Waals surface area contributed by atoms with Crippen LogP contribution in [0.4, 0.5) is 5.69 Å². The molecule has 0 unspecified atom stereocenters. The number of nitrogens with zero attached hydrogens (tertiary/aromatic N) is 2. The van der Waals surface area contributed by atoms with Crippen molar-refractivity contribution >= 4 is 39.1 Å². The molecule has 4 aromatic carbocycles. The van der Waals surface area contributed by atoms with Gasteiger partial charge in [-0.2, -0.15) is 0 Å². The maximum atomic E-state index is 14.3. The zero-order valence-electron chi connectivity index (χ0n) is 24.0. The molecule has 0 saturated heterocycles. The molecule has 0 heterocycles. The Morgan fingerprint density at radius 3 is 2.07 bits per heavy atom. The first-order valence-electron chi connectivity index (χ1n) is 13.8. The zero-order valence-corrected chi connectivity index (χ0v) is 25.6. The van der Waals surface area contributed by atoms with E-state index in [-0.39, 0.29) is 23.8 Å². The Kier molecular flexibility index (Phi) is 10.8. The van der Waals surface area contributed by atoms with E-state index >= 15 is 0 Å². The molecule has 0 spiro atoms. The van der Waals surface area contributed by atoms with Crippen molar-refractivity contribution in [3.05, 3.63) is 125 Å². The minimum atomic E-state index is -4.20. The third-order valence-corrected chi connectivity index (χ3v) is 9.02. The van der Waals surface area contributed by atoms with E-state index in [0.717, 1.165) is 9.87 Å². The first-order valence-corrected chi connectivity index (χ1v) is 15.7. The highest BCUT2D eigenvalue weighted by atomic mass is 35.5. The predicted octanol–water partition coefficient (Wildman–Crippen LogP) is 5.32. The summed E-state index contributed by atoms with van der Waals surface area (Å²) in [7, 11) is -2.70. The van der Waals surface area contributed by atoms with Gasteiger partial charge in [0.05, 0.1) is 17.2 Å². The Morgan fingerprint density at radius 1 is 0.860 bits per heavy atom. The smallest absolute Gasteiger partial charge is 0.264 e. The van der Waals surface area contributed by atoms with Crippen molar-refractivity contribution in [3.63, 3.8) is 0 Å². The molecule has 0 radical (unpaired) electrons. The Morgan fingerprint density at radius 2 is 1.47 bits per heavy atom. The van der Waals surface area contributed by atoms with Gasteiger partial charge in [-0.15, -0.1) is 0 Å². The fraction of sp³-hybridized carbons (Fsp3) is 0.212. The van der Waals surface area contributed by atoms with Gasteiger partial charge in [0.2, 0.25) is 11.8 Å². The van der Waals surface area contributed by atoms with Crippen molar-refractivity contribution in [2.45, 2.75) is 30.8 Å². The molecule has 1 atom stereocenters. The summed E-state index contributed by atoms with van der Waals surface area (Å²) in [4.78, 5) is 29.0. The molecule has 2 amide bonds. The van der Waals surface area contributed by atoms with E-state index in [2.05, 4.69) is 5.32 Å². The molecule has 0 aromatic heterocycles. The molecule has 43 heavy (non-hydrogen) atoms. The van der Waals surface area contributed by atoms with Gasteiger partial charge >= 0.3 is 0 Å². The Balaban J connectivity index is 1.76. The van der Waals surface area contributed by atoms with E-state index < -0.39 is 28.5 Å². The lowest BCUT2D eigenvalue weighted by molar-refractivity contribution is -0.139. The number of benzene rings is 4. The van der Waals surface area contributed by atoms with Gasteiger partial charge in [0.1, 0.15) is 18.3 Å². The molecule has 8 nitrogen and oxygen atoms in total. The lowest BCUT2D eigenvalue weighted by Gasteiger charge is -2.33. The summed E-state index contributed by atoms with van der Waals surface area (Å²) in [5.74, 6) is -0.420. The van der Waals surface area contributed by atoms with E-state index in [1.807, 2.05) is 37.3 Å². The number of hydrogen-bond donors (Lipinski definition) is 1. The minimum Gasteiger partial charge on any atom is -0.494 e. The first-order chi connectivity index (χ1) is 20.7. The molecular weight excluding hydrogens is 586 g/mol. The van der Waals surface area contributed by atoms with Gasteiger partial charge in [0.15, 0.2) is 0 Å². The van der Waals surface area contributed by atoms with E-state index in [4.69, 9.17) is 16.3 Å². The fourth-order valence-electron chi connectivity index (χ4n) is 4.66. The molecule has 0 fully saturated rings. The number of rotatable bonds is 13. The summed E-state index contributed by atoms with van der Waals surface area (Å²) in [5.41, 5.74) is 1.78. The quantitative estimate of drug-likeness (QED) is 0.219. The number of sulfonamides is 1. The minimum absolute atomic E-state index is 0.00241. The second-order valence-electron chi connectivity index (χ2n) is 9.68. The number of ether oxygens (including phenoxy) is 1. The van der Waals surface area contributed by atoms with Crippen LogP contribution in [0.2, 0.25) is 5.02 Å². The second kappa shape index (κ2) is 14.7. The Labute approximate surface area is 257 Å². The highest BCUT2D eigenvalue weighted by Crippen LogP contribution is 2.27. The molecule has 0 bridgehead atoms. The first kappa shape index (κ1) is 31.6. The van der Waals surface area contributed by atoms with Gasteiger partial charge in [0, 0.05) is 25.0 Å². The maximum Gasteiger partial charge on any atom is 0.264 e. The molecule has 10 heteroatoms. The third kappa shape index (κ3) is 7.94. The molecule has 4 rings (SSSR count). The van der Waals surface area contributed by atoms with Crippen LogP contribution < -0.4 is 14.4 Å². The van der Waals surface area contributed by atoms with Gasteiger partial charge in [0.25, 0.3) is 10.0 Å². The van der Waals surface area contributed by atoms with Crippen molar-refractivity contribution in [2.75, 3.05) is 24.5 Å². The van der Waals surface area contributed by atoms with Crippen LogP contribution in [0.25, 0.3) is 0 Å². The topological polar surface area (TPSA) is 96.0 Å².